The maximum atomic E-state index is 8.84. The molecule has 0 atom stereocenters. The first-order valence-electron chi connectivity index (χ1n) is 5.23. The Bertz CT molecular complexity index is 380. The Morgan fingerprint density at radius 3 is 2.80 bits per heavy atom. The third-order valence-electron chi connectivity index (χ3n) is 2.13. The molecule has 1 N–H and O–H groups in total. The van der Waals surface area contributed by atoms with Gasteiger partial charge in [-0.05, 0) is 18.6 Å². The first-order valence-corrected chi connectivity index (χ1v) is 5.23. The Labute approximate surface area is 90.7 Å². The Balaban J connectivity index is 0.000000531. The van der Waals surface area contributed by atoms with Gasteiger partial charge in [0.05, 0.1) is 11.3 Å². The summed E-state index contributed by atoms with van der Waals surface area (Å²) in [5.74, 6) is 0.824. The second kappa shape index (κ2) is 5.26. The van der Waals surface area contributed by atoms with Gasteiger partial charge < -0.3 is 10.1 Å². The van der Waals surface area contributed by atoms with Crippen LogP contribution in [0.4, 0.5) is 5.69 Å². The fourth-order valence-corrected chi connectivity index (χ4v) is 1.47. The highest BCUT2D eigenvalue weighted by Gasteiger charge is 2.15. The summed E-state index contributed by atoms with van der Waals surface area (Å²) in [5.41, 5.74) is 2.57. The van der Waals surface area contributed by atoms with E-state index < -0.39 is 0 Å². The number of hydrogen-bond donors (Lipinski definition) is 1. The van der Waals surface area contributed by atoms with E-state index in [1.807, 2.05) is 32.9 Å². The van der Waals surface area contributed by atoms with Crippen molar-refractivity contribution >= 4 is 5.69 Å². The van der Waals surface area contributed by atoms with Gasteiger partial charge in [0.15, 0.2) is 0 Å². The summed E-state index contributed by atoms with van der Waals surface area (Å²) in [5, 5.41) is 12.0. The summed E-state index contributed by atoms with van der Waals surface area (Å²) in [6.45, 7) is 7.42. The van der Waals surface area contributed by atoms with Crippen LogP contribution in [0.2, 0.25) is 0 Å². The van der Waals surface area contributed by atoms with Crippen LogP contribution in [0.15, 0.2) is 12.1 Å². The summed E-state index contributed by atoms with van der Waals surface area (Å²) >= 11 is 0. The third kappa shape index (κ3) is 2.21. The normalized spacial score (nSPS) is 12.1. The van der Waals surface area contributed by atoms with Gasteiger partial charge in [0.2, 0.25) is 0 Å². The molecule has 0 saturated heterocycles. The molecule has 3 nitrogen and oxygen atoms in total. The van der Waals surface area contributed by atoms with Crippen molar-refractivity contribution in [2.75, 3.05) is 18.5 Å². The number of nitrogens with zero attached hydrogens (tertiary/aromatic N) is 1. The zero-order valence-corrected chi connectivity index (χ0v) is 9.42. The molecule has 0 amide bonds. The summed E-state index contributed by atoms with van der Waals surface area (Å²) < 4.78 is 5.48. The SMILES string of the molecule is CC.Cc1ccc(C#N)c2c1OCCN2. The van der Waals surface area contributed by atoms with Crippen LogP contribution in [0, 0.1) is 18.3 Å². The number of ether oxygens (including phenoxy) is 1. The van der Waals surface area contributed by atoms with Crippen molar-refractivity contribution in [1.29, 1.82) is 5.26 Å². The summed E-state index contributed by atoms with van der Waals surface area (Å²) in [6.07, 6.45) is 0. The molecule has 0 unspecified atom stereocenters. The predicted octanol–water partition coefficient (Wildman–Crippen LogP) is 2.70. The van der Waals surface area contributed by atoms with Crippen molar-refractivity contribution < 1.29 is 4.74 Å². The molecule has 2 rings (SSSR count). The minimum absolute atomic E-state index is 0.653. The van der Waals surface area contributed by atoms with E-state index in [9.17, 15) is 0 Å². The lowest BCUT2D eigenvalue weighted by Gasteiger charge is -2.21. The molecule has 0 aromatic heterocycles. The second-order valence-electron chi connectivity index (χ2n) is 3.02. The first kappa shape index (κ1) is 11.4. The third-order valence-corrected chi connectivity index (χ3v) is 2.13. The summed E-state index contributed by atoms with van der Waals surface area (Å²) in [6, 6.07) is 5.86. The Kier molecular flexibility index (Phi) is 3.99. The van der Waals surface area contributed by atoms with Crippen LogP contribution in [-0.2, 0) is 0 Å². The van der Waals surface area contributed by atoms with Gasteiger partial charge in [-0.2, -0.15) is 5.26 Å². The largest absolute Gasteiger partial charge is 0.489 e. The van der Waals surface area contributed by atoms with Crippen LogP contribution in [0.3, 0.4) is 0 Å². The molecule has 1 aliphatic heterocycles. The number of nitriles is 1. The van der Waals surface area contributed by atoms with E-state index in [0.29, 0.717) is 12.2 Å². The molecule has 1 aromatic rings. The Hall–Kier alpha value is -1.69. The van der Waals surface area contributed by atoms with Crippen molar-refractivity contribution in [3.05, 3.63) is 23.3 Å². The monoisotopic (exact) mass is 204 g/mol. The first-order chi connectivity index (χ1) is 7.33. The fraction of sp³-hybridized carbons (Fsp3) is 0.417. The average Bonchev–Trinajstić information content (AvgIpc) is 2.33. The van der Waals surface area contributed by atoms with Crippen LogP contribution >= 0.6 is 0 Å². The van der Waals surface area contributed by atoms with Gasteiger partial charge in [0, 0.05) is 6.54 Å². The molecule has 0 saturated carbocycles. The van der Waals surface area contributed by atoms with Gasteiger partial charge in [-0.15, -0.1) is 0 Å². The van der Waals surface area contributed by atoms with Crippen LogP contribution in [-0.4, -0.2) is 13.2 Å². The number of benzene rings is 1. The maximum Gasteiger partial charge on any atom is 0.146 e. The van der Waals surface area contributed by atoms with E-state index in [0.717, 1.165) is 23.5 Å². The molecule has 0 bridgehead atoms. The van der Waals surface area contributed by atoms with Crippen molar-refractivity contribution in [2.24, 2.45) is 0 Å². The van der Waals surface area contributed by atoms with Crippen molar-refractivity contribution in [2.45, 2.75) is 20.8 Å². The molecule has 80 valence electrons. The molecule has 0 radical (unpaired) electrons. The highest BCUT2D eigenvalue weighted by atomic mass is 16.5. The van der Waals surface area contributed by atoms with Gasteiger partial charge in [0.25, 0.3) is 0 Å². The summed E-state index contributed by atoms with van der Waals surface area (Å²) in [4.78, 5) is 0. The van der Waals surface area contributed by atoms with Crippen molar-refractivity contribution in [1.82, 2.24) is 0 Å². The average molecular weight is 204 g/mol. The standard InChI is InChI=1S/C10H10N2O.C2H6/c1-7-2-3-8(6-11)9-10(7)13-5-4-12-9;1-2/h2-3,12H,4-5H2,1H3;1-2H3. The number of nitrogens with one attached hydrogen (secondary N) is 1. The van der Waals surface area contributed by atoms with Crippen LogP contribution in [0.25, 0.3) is 0 Å². The molecule has 15 heavy (non-hydrogen) atoms. The second-order valence-corrected chi connectivity index (χ2v) is 3.02. The molecule has 1 aliphatic rings. The predicted molar refractivity (Wildman–Crippen MR) is 61.2 cm³/mol. The summed E-state index contributed by atoms with van der Waals surface area (Å²) in [7, 11) is 0. The molecule has 3 heteroatoms. The molecule has 0 aliphatic carbocycles. The smallest absolute Gasteiger partial charge is 0.146 e. The van der Waals surface area contributed by atoms with E-state index in [1.54, 1.807) is 0 Å². The minimum atomic E-state index is 0.653. The number of anilines is 1. The van der Waals surface area contributed by atoms with Gasteiger partial charge in [-0.1, -0.05) is 19.9 Å². The molecular weight excluding hydrogens is 188 g/mol. The number of hydrogen-bond acceptors (Lipinski definition) is 3. The molecule has 1 heterocycles. The lowest BCUT2D eigenvalue weighted by molar-refractivity contribution is 0.321. The van der Waals surface area contributed by atoms with Gasteiger partial charge in [-0.3, -0.25) is 0 Å². The van der Waals surface area contributed by atoms with E-state index in [1.165, 1.54) is 0 Å². The Morgan fingerprint density at radius 2 is 2.13 bits per heavy atom. The number of rotatable bonds is 0. The van der Waals surface area contributed by atoms with Crippen LogP contribution < -0.4 is 10.1 Å². The van der Waals surface area contributed by atoms with E-state index in [2.05, 4.69) is 11.4 Å². The zero-order chi connectivity index (χ0) is 11.3. The fourth-order valence-electron chi connectivity index (χ4n) is 1.47. The topological polar surface area (TPSA) is 45.0 Å². The lowest BCUT2D eigenvalue weighted by atomic mass is 10.1. The van der Waals surface area contributed by atoms with Crippen LogP contribution in [0.5, 0.6) is 5.75 Å². The minimum Gasteiger partial charge on any atom is -0.489 e. The molecule has 0 fully saturated rings. The van der Waals surface area contributed by atoms with Gasteiger partial charge in [-0.25, -0.2) is 0 Å². The lowest BCUT2D eigenvalue weighted by Crippen LogP contribution is -2.19. The zero-order valence-electron chi connectivity index (χ0n) is 9.42. The highest BCUT2D eigenvalue weighted by Crippen LogP contribution is 2.33. The number of aryl methyl sites for hydroxylation is 1. The van der Waals surface area contributed by atoms with E-state index in [-0.39, 0.29) is 0 Å². The molecule has 1 aromatic carbocycles. The molecule has 0 spiro atoms. The van der Waals surface area contributed by atoms with Crippen molar-refractivity contribution in [3.63, 3.8) is 0 Å². The maximum absolute atomic E-state index is 8.84. The van der Waals surface area contributed by atoms with E-state index in [4.69, 9.17) is 10.00 Å². The highest BCUT2D eigenvalue weighted by molar-refractivity contribution is 5.69. The Morgan fingerprint density at radius 1 is 1.40 bits per heavy atom. The van der Waals surface area contributed by atoms with Gasteiger partial charge in [0.1, 0.15) is 18.4 Å². The number of fused-ring (bicyclic) bond motifs is 1. The molecular formula is C12H16N2O. The van der Waals surface area contributed by atoms with Gasteiger partial charge >= 0.3 is 0 Å². The van der Waals surface area contributed by atoms with Crippen molar-refractivity contribution in [3.8, 4) is 11.8 Å². The van der Waals surface area contributed by atoms with E-state index >= 15 is 0 Å². The van der Waals surface area contributed by atoms with Crippen LogP contribution in [0.1, 0.15) is 25.0 Å². The quantitative estimate of drug-likeness (QED) is 0.706.